The number of fused-ring (bicyclic) bond motifs is 1. The Morgan fingerprint density at radius 1 is 1.17 bits per heavy atom. The fourth-order valence-electron chi connectivity index (χ4n) is 1.08. The van der Waals surface area contributed by atoms with Crippen LogP contribution < -0.4 is 4.74 Å². The second kappa shape index (κ2) is 4.54. The topological polar surface area (TPSA) is 49.7 Å². The zero-order chi connectivity index (χ0) is 8.81. The second-order valence-electron chi connectivity index (χ2n) is 2.30. The zero-order valence-corrected chi connectivity index (χ0v) is 6.47. The van der Waals surface area contributed by atoms with E-state index in [-0.39, 0.29) is 0 Å². The van der Waals surface area contributed by atoms with Crippen molar-refractivity contribution in [3.8, 4) is 5.75 Å². The van der Waals surface area contributed by atoms with E-state index in [1.54, 1.807) is 6.26 Å². The lowest BCUT2D eigenvalue weighted by molar-refractivity contribution is -0.176. The number of allylic oxidation sites excluding steroid dienone is 1. The fourth-order valence-corrected chi connectivity index (χ4v) is 1.08. The Hall–Kier alpha value is -1.32. The summed E-state index contributed by atoms with van der Waals surface area (Å²) in [5.74, 6) is 0.991. The predicted molar refractivity (Wildman–Crippen MR) is 45.2 cm³/mol. The van der Waals surface area contributed by atoms with Gasteiger partial charge in [0, 0.05) is 0 Å². The molecule has 0 fully saturated rings. The predicted octanol–water partition coefficient (Wildman–Crippen LogP) is 2.15. The molecule has 0 bridgehead atoms. The lowest BCUT2D eigenvalue weighted by Gasteiger charge is -2.09. The molecule has 1 aliphatic rings. The van der Waals surface area contributed by atoms with E-state index in [1.807, 2.05) is 24.3 Å². The van der Waals surface area contributed by atoms with Crippen molar-refractivity contribution in [2.24, 2.45) is 0 Å². The molecule has 0 saturated carbocycles. The molecule has 12 heavy (non-hydrogen) atoms. The Labute approximate surface area is 70.5 Å². The molecule has 0 unspecified atom stereocenters. The van der Waals surface area contributed by atoms with Crippen LogP contribution in [0.3, 0.4) is 0 Å². The van der Waals surface area contributed by atoms with Gasteiger partial charge in [0.25, 0.3) is 0 Å². The molecule has 3 nitrogen and oxygen atoms in total. The number of rotatable bonds is 0. The van der Waals surface area contributed by atoms with Gasteiger partial charge >= 0.3 is 0 Å². The first kappa shape index (κ1) is 8.77. The molecule has 0 saturated heterocycles. The maximum Gasteiger partial charge on any atom is 0.130 e. The summed E-state index contributed by atoms with van der Waals surface area (Å²) in [5.41, 5.74) is 1.27. The van der Waals surface area contributed by atoms with Crippen LogP contribution in [0.2, 0.25) is 0 Å². The summed E-state index contributed by atoms with van der Waals surface area (Å²) in [4.78, 5) is 0. The van der Waals surface area contributed by atoms with E-state index in [4.69, 9.17) is 15.3 Å². The van der Waals surface area contributed by atoms with Crippen molar-refractivity contribution in [1.29, 1.82) is 0 Å². The van der Waals surface area contributed by atoms with Crippen LogP contribution in [-0.4, -0.2) is 10.5 Å². The van der Waals surface area contributed by atoms with Gasteiger partial charge in [-0.1, -0.05) is 18.2 Å². The Morgan fingerprint density at radius 2 is 1.92 bits per heavy atom. The number of hydrogen-bond donors (Lipinski definition) is 2. The molecular formula is C9H10O3. The molecule has 2 rings (SSSR count). The van der Waals surface area contributed by atoms with Crippen molar-refractivity contribution in [3.63, 3.8) is 0 Å². The van der Waals surface area contributed by atoms with Crippen molar-refractivity contribution in [1.82, 2.24) is 0 Å². The molecule has 0 aromatic heterocycles. The Balaban J connectivity index is 0.000000336. The monoisotopic (exact) mass is 166 g/mol. The van der Waals surface area contributed by atoms with Gasteiger partial charge < -0.3 is 4.74 Å². The smallest absolute Gasteiger partial charge is 0.130 e. The van der Waals surface area contributed by atoms with Crippen LogP contribution in [-0.2, 0) is 6.42 Å². The van der Waals surface area contributed by atoms with Gasteiger partial charge in [-0.15, -0.1) is 0 Å². The maximum absolute atomic E-state index is 6.00. The van der Waals surface area contributed by atoms with E-state index >= 15 is 0 Å². The van der Waals surface area contributed by atoms with Gasteiger partial charge in [-0.2, -0.15) is 0 Å². The molecular weight excluding hydrogens is 156 g/mol. The first-order valence-electron chi connectivity index (χ1n) is 3.56. The second-order valence-corrected chi connectivity index (χ2v) is 2.30. The largest absolute Gasteiger partial charge is 0.465 e. The van der Waals surface area contributed by atoms with Gasteiger partial charge in [0.2, 0.25) is 0 Å². The molecule has 2 N–H and O–H groups in total. The molecule has 1 aliphatic heterocycles. The van der Waals surface area contributed by atoms with Gasteiger partial charge in [0.05, 0.1) is 6.26 Å². The van der Waals surface area contributed by atoms with E-state index in [0.29, 0.717) is 0 Å². The van der Waals surface area contributed by atoms with E-state index in [9.17, 15) is 0 Å². The third kappa shape index (κ3) is 1.84. The molecule has 0 amide bonds. The van der Waals surface area contributed by atoms with Gasteiger partial charge in [-0.05, 0) is 24.1 Å². The summed E-state index contributed by atoms with van der Waals surface area (Å²) < 4.78 is 5.24. The SMILES string of the molecule is C1=COc2ccccc2C1.OO. The summed E-state index contributed by atoms with van der Waals surface area (Å²) in [7, 11) is 0. The van der Waals surface area contributed by atoms with Gasteiger partial charge in [0.1, 0.15) is 5.75 Å². The molecule has 0 atom stereocenters. The molecule has 64 valence electrons. The van der Waals surface area contributed by atoms with Crippen LogP contribution >= 0.6 is 0 Å². The van der Waals surface area contributed by atoms with Gasteiger partial charge in [-0.25, -0.2) is 0 Å². The van der Waals surface area contributed by atoms with Crippen LogP contribution in [0.4, 0.5) is 0 Å². The lowest BCUT2D eigenvalue weighted by Crippen LogP contribution is -1.94. The molecule has 1 aromatic carbocycles. The summed E-state index contributed by atoms with van der Waals surface area (Å²) in [6, 6.07) is 8.08. The number of para-hydroxylation sites is 1. The highest BCUT2D eigenvalue weighted by atomic mass is 17.0. The fraction of sp³-hybridized carbons (Fsp3) is 0.111. The first-order chi connectivity index (χ1) is 5.97. The van der Waals surface area contributed by atoms with Crippen LogP contribution in [0.5, 0.6) is 5.75 Å². The van der Waals surface area contributed by atoms with Crippen LogP contribution in [0, 0.1) is 0 Å². The summed E-state index contributed by atoms with van der Waals surface area (Å²) in [6.07, 6.45) is 4.75. The highest BCUT2D eigenvalue weighted by Gasteiger charge is 2.02. The maximum atomic E-state index is 6.00. The van der Waals surface area contributed by atoms with E-state index in [2.05, 4.69) is 6.07 Å². The highest BCUT2D eigenvalue weighted by Crippen LogP contribution is 2.21. The Kier molecular flexibility index (Phi) is 3.32. The minimum atomic E-state index is 0.991. The highest BCUT2D eigenvalue weighted by molar-refractivity contribution is 5.36. The number of benzene rings is 1. The molecule has 0 radical (unpaired) electrons. The number of ether oxygens (including phenoxy) is 1. The lowest BCUT2D eigenvalue weighted by atomic mass is 10.1. The molecule has 0 spiro atoms. The van der Waals surface area contributed by atoms with E-state index in [0.717, 1.165) is 12.2 Å². The van der Waals surface area contributed by atoms with Crippen LogP contribution in [0.25, 0.3) is 0 Å². The minimum Gasteiger partial charge on any atom is -0.465 e. The molecule has 1 heterocycles. The third-order valence-electron chi connectivity index (χ3n) is 1.60. The quantitative estimate of drug-likeness (QED) is 0.458. The Morgan fingerprint density at radius 3 is 2.67 bits per heavy atom. The summed E-state index contributed by atoms with van der Waals surface area (Å²) in [6.45, 7) is 0. The van der Waals surface area contributed by atoms with Crippen molar-refractivity contribution >= 4 is 0 Å². The molecule has 1 aromatic rings. The van der Waals surface area contributed by atoms with E-state index in [1.165, 1.54) is 5.56 Å². The van der Waals surface area contributed by atoms with Crippen LogP contribution in [0.1, 0.15) is 5.56 Å². The first-order valence-corrected chi connectivity index (χ1v) is 3.56. The van der Waals surface area contributed by atoms with Crippen molar-refractivity contribution in [2.45, 2.75) is 6.42 Å². The average molecular weight is 166 g/mol. The zero-order valence-electron chi connectivity index (χ0n) is 6.47. The summed E-state index contributed by atoms with van der Waals surface area (Å²) in [5, 5.41) is 12.0. The van der Waals surface area contributed by atoms with Crippen molar-refractivity contribution < 1.29 is 15.3 Å². The van der Waals surface area contributed by atoms with Crippen molar-refractivity contribution in [2.75, 3.05) is 0 Å². The van der Waals surface area contributed by atoms with Crippen LogP contribution in [0.15, 0.2) is 36.6 Å². The number of hydrogen-bond acceptors (Lipinski definition) is 3. The van der Waals surface area contributed by atoms with Gasteiger partial charge in [0.15, 0.2) is 0 Å². The standard InChI is InChI=1S/C9H8O.H2O2/c1-2-6-9-8(4-1)5-3-7-10-9;1-2/h1-4,6-7H,5H2;1-2H. The van der Waals surface area contributed by atoms with E-state index < -0.39 is 0 Å². The summed E-state index contributed by atoms with van der Waals surface area (Å²) >= 11 is 0. The molecule has 3 heteroatoms. The average Bonchev–Trinajstić information content (AvgIpc) is 2.21. The Bertz CT molecular complexity index is 241. The van der Waals surface area contributed by atoms with Crippen molar-refractivity contribution in [3.05, 3.63) is 42.2 Å². The molecule has 0 aliphatic carbocycles. The van der Waals surface area contributed by atoms with Gasteiger partial charge in [-0.3, -0.25) is 10.5 Å². The third-order valence-corrected chi connectivity index (χ3v) is 1.60. The minimum absolute atomic E-state index is 0.991. The normalized spacial score (nSPS) is 12.2.